The summed E-state index contributed by atoms with van der Waals surface area (Å²) in [7, 11) is 0. The molecular weight excluding hydrogens is 315 g/mol. The van der Waals surface area contributed by atoms with E-state index >= 15 is 0 Å². The molecule has 8 heteroatoms. The Labute approximate surface area is 131 Å². The number of carbonyl (C=O) groups excluding carboxylic acids is 1. The Morgan fingerprint density at radius 1 is 1.35 bits per heavy atom. The number of nitrogens with one attached hydrogen (secondary N) is 1. The van der Waals surface area contributed by atoms with Crippen LogP contribution >= 0.6 is 0 Å². The van der Waals surface area contributed by atoms with Gasteiger partial charge in [-0.2, -0.15) is 13.2 Å². The Balaban J connectivity index is 2.76. The molecule has 23 heavy (non-hydrogen) atoms. The van der Waals surface area contributed by atoms with E-state index < -0.39 is 36.6 Å². The summed E-state index contributed by atoms with van der Waals surface area (Å²) in [4.78, 5) is 22.9. The van der Waals surface area contributed by atoms with Crippen molar-refractivity contribution in [2.24, 2.45) is 0 Å². The first-order valence-electron chi connectivity index (χ1n) is 6.95. The molecule has 0 bridgehead atoms. The standard InChI is InChI=1S/C15H18F3NO4/c1-3-12(23-10-6-4-5-9(2)7-10)13(20)19-11(14(21)22)8-15(16,17)18/h4-7,11-12H,3,8H2,1-2H3,(H,19,20)(H,21,22). The maximum atomic E-state index is 12.3. The summed E-state index contributed by atoms with van der Waals surface area (Å²) in [6, 6.07) is 4.75. The minimum Gasteiger partial charge on any atom is -0.481 e. The van der Waals surface area contributed by atoms with Gasteiger partial charge in [0.15, 0.2) is 6.10 Å². The summed E-state index contributed by atoms with van der Waals surface area (Å²) in [6.45, 7) is 3.43. The number of carboxylic acid groups (broad SMARTS) is 1. The average Bonchev–Trinajstić information content (AvgIpc) is 2.42. The summed E-state index contributed by atoms with van der Waals surface area (Å²) in [5.74, 6) is -2.26. The number of rotatable bonds is 7. The van der Waals surface area contributed by atoms with Crippen molar-refractivity contribution in [2.75, 3.05) is 0 Å². The fourth-order valence-electron chi connectivity index (χ4n) is 1.87. The number of amides is 1. The molecule has 2 atom stereocenters. The summed E-state index contributed by atoms with van der Waals surface area (Å²) in [5.41, 5.74) is 0.887. The van der Waals surface area contributed by atoms with Gasteiger partial charge in [-0.3, -0.25) is 4.79 Å². The molecular formula is C15H18F3NO4. The first-order chi connectivity index (χ1) is 10.6. The third-order valence-electron chi connectivity index (χ3n) is 2.98. The number of hydrogen-bond donors (Lipinski definition) is 2. The van der Waals surface area contributed by atoms with Crippen LogP contribution in [0.3, 0.4) is 0 Å². The molecule has 5 nitrogen and oxygen atoms in total. The molecule has 1 rings (SSSR count). The van der Waals surface area contributed by atoms with Gasteiger partial charge in [0.2, 0.25) is 0 Å². The van der Waals surface area contributed by atoms with E-state index in [1.54, 1.807) is 25.1 Å². The molecule has 1 aromatic rings. The zero-order chi connectivity index (χ0) is 17.6. The van der Waals surface area contributed by atoms with Gasteiger partial charge < -0.3 is 15.2 Å². The van der Waals surface area contributed by atoms with Gasteiger partial charge >= 0.3 is 12.1 Å². The number of carboxylic acids is 1. The van der Waals surface area contributed by atoms with Crippen LogP contribution in [-0.4, -0.2) is 35.3 Å². The second-order valence-electron chi connectivity index (χ2n) is 5.05. The van der Waals surface area contributed by atoms with Crippen LogP contribution in [0.4, 0.5) is 13.2 Å². The van der Waals surface area contributed by atoms with Crippen LogP contribution in [-0.2, 0) is 9.59 Å². The predicted octanol–water partition coefficient (Wildman–Crippen LogP) is 2.67. The molecule has 2 unspecified atom stereocenters. The summed E-state index contributed by atoms with van der Waals surface area (Å²) >= 11 is 0. The molecule has 128 valence electrons. The van der Waals surface area contributed by atoms with Crippen molar-refractivity contribution in [3.05, 3.63) is 29.8 Å². The number of halogens is 3. The maximum Gasteiger partial charge on any atom is 0.391 e. The Kier molecular flexibility index (Phi) is 6.41. The van der Waals surface area contributed by atoms with E-state index in [2.05, 4.69) is 0 Å². The lowest BCUT2D eigenvalue weighted by Crippen LogP contribution is -2.48. The van der Waals surface area contributed by atoms with Crippen LogP contribution in [0.1, 0.15) is 25.3 Å². The van der Waals surface area contributed by atoms with Crippen LogP contribution in [0.2, 0.25) is 0 Å². The number of benzene rings is 1. The van der Waals surface area contributed by atoms with Crippen LogP contribution in [0.15, 0.2) is 24.3 Å². The molecule has 0 aromatic heterocycles. The zero-order valence-electron chi connectivity index (χ0n) is 12.7. The third kappa shape index (κ3) is 6.58. The van der Waals surface area contributed by atoms with Gasteiger partial charge in [-0.25, -0.2) is 4.79 Å². The number of aliphatic carboxylic acids is 1. The zero-order valence-corrected chi connectivity index (χ0v) is 12.7. The van der Waals surface area contributed by atoms with Crippen molar-refractivity contribution < 1.29 is 32.6 Å². The maximum absolute atomic E-state index is 12.3. The lowest BCUT2D eigenvalue weighted by Gasteiger charge is -2.21. The summed E-state index contributed by atoms with van der Waals surface area (Å²) in [6.07, 6.45) is -7.24. The predicted molar refractivity (Wildman–Crippen MR) is 76.1 cm³/mol. The highest BCUT2D eigenvalue weighted by atomic mass is 19.4. The number of alkyl halides is 3. The quantitative estimate of drug-likeness (QED) is 0.804. The van der Waals surface area contributed by atoms with E-state index in [4.69, 9.17) is 9.84 Å². The van der Waals surface area contributed by atoms with E-state index in [-0.39, 0.29) is 6.42 Å². The van der Waals surface area contributed by atoms with Gasteiger partial charge in [-0.05, 0) is 31.0 Å². The molecule has 0 heterocycles. The fourth-order valence-corrected chi connectivity index (χ4v) is 1.87. The van der Waals surface area contributed by atoms with Gasteiger partial charge in [-0.1, -0.05) is 19.1 Å². The highest BCUT2D eigenvalue weighted by Crippen LogP contribution is 2.22. The first-order valence-corrected chi connectivity index (χ1v) is 6.95. The topological polar surface area (TPSA) is 75.6 Å². The highest BCUT2D eigenvalue weighted by Gasteiger charge is 2.37. The van der Waals surface area contributed by atoms with E-state index in [0.29, 0.717) is 5.75 Å². The van der Waals surface area contributed by atoms with Crippen LogP contribution in [0.5, 0.6) is 5.75 Å². The lowest BCUT2D eigenvalue weighted by molar-refractivity contribution is -0.160. The van der Waals surface area contributed by atoms with Crippen LogP contribution in [0, 0.1) is 6.92 Å². The number of ether oxygens (including phenoxy) is 1. The molecule has 0 radical (unpaired) electrons. The van der Waals surface area contributed by atoms with E-state index in [1.165, 1.54) is 0 Å². The van der Waals surface area contributed by atoms with Crippen molar-refractivity contribution in [2.45, 2.75) is 45.0 Å². The molecule has 1 aromatic carbocycles. The van der Waals surface area contributed by atoms with E-state index in [9.17, 15) is 22.8 Å². The summed E-state index contributed by atoms with van der Waals surface area (Å²) in [5, 5.41) is 10.7. The third-order valence-corrected chi connectivity index (χ3v) is 2.98. The normalized spacial score (nSPS) is 14.0. The number of aryl methyl sites for hydroxylation is 1. The largest absolute Gasteiger partial charge is 0.481 e. The van der Waals surface area contributed by atoms with Crippen molar-refractivity contribution in [3.63, 3.8) is 0 Å². The van der Waals surface area contributed by atoms with Gasteiger partial charge in [-0.15, -0.1) is 0 Å². The second-order valence-corrected chi connectivity index (χ2v) is 5.05. The number of carbonyl (C=O) groups is 2. The lowest BCUT2D eigenvalue weighted by atomic mass is 10.1. The monoisotopic (exact) mass is 333 g/mol. The smallest absolute Gasteiger partial charge is 0.391 e. The van der Waals surface area contributed by atoms with Crippen LogP contribution in [0.25, 0.3) is 0 Å². The molecule has 1 amide bonds. The molecule has 2 N–H and O–H groups in total. The fraction of sp³-hybridized carbons (Fsp3) is 0.467. The van der Waals surface area contributed by atoms with E-state index in [0.717, 1.165) is 5.56 Å². The van der Waals surface area contributed by atoms with Crippen molar-refractivity contribution in [3.8, 4) is 5.75 Å². The highest BCUT2D eigenvalue weighted by molar-refractivity contribution is 5.86. The Morgan fingerprint density at radius 2 is 2.00 bits per heavy atom. The Hall–Kier alpha value is -2.25. The van der Waals surface area contributed by atoms with Gasteiger partial charge in [0.1, 0.15) is 11.8 Å². The van der Waals surface area contributed by atoms with Crippen molar-refractivity contribution in [1.82, 2.24) is 5.32 Å². The summed E-state index contributed by atoms with van der Waals surface area (Å²) < 4.78 is 42.5. The van der Waals surface area contributed by atoms with E-state index in [1.807, 2.05) is 18.3 Å². The van der Waals surface area contributed by atoms with Crippen molar-refractivity contribution >= 4 is 11.9 Å². The minimum atomic E-state index is -4.70. The molecule has 0 aliphatic heterocycles. The first kappa shape index (κ1) is 18.8. The van der Waals surface area contributed by atoms with Crippen LogP contribution < -0.4 is 10.1 Å². The second kappa shape index (κ2) is 7.85. The van der Waals surface area contributed by atoms with Gasteiger partial charge in [0.25, 0.3) is 5.91 Å². The van der Waals surface area contributed by atoms with Gasteiger partial charge in [0, 0.05) is 0 Å². The van der Waals surface area contributed by atoms with Gasteiger partial charge in [0.05, 0.1) is 6.42 Å². The Bertz CT molecular complexity index is 560. The molecule has 0 saturated heterocycles. The number of hydrogen-bond acceptors (Lipinski definition) is 3. The molecule has 0 aliphatic carbocycles. The molecule has 0 fully saturated rings. The van der Waals surface area contributed by atoms with Crippen molar-refractivity contribution in [1.29, 1.82) is 0 Å². The molecule has 0 aliphatic rings. The molecule has 0 spiro atoms. The Morgan fingerprint density at radius 3 is 2.48 bits per heavy atom. The SMILES string of the molecule is CCC(Oc1cccc(C)c1)C(=O)NC(CC(F)(F)F)C(=O)O. The minimum absolute atomic E-state index is 0.179. The average molecular weight is 333 g/mol. The molecule has 0 saturated carbocycles.